The van der Waals surface area contributed by atoms with Crippen LogP contribution in [0.4, 0.5) is 0 Å². The van der Waals surface area contributed by atoms with E-state index in [-0.39, 0.29) is 29.3 Å². The van der Waals surface area contributed by atoms with Gasteiger partial charge in [0.05, 0.1) is 16.5 Å². The molecular formula is C43H49N5O6S. The summed E-state index contributed by atoms with van der Waals surface area (Å²) in [5, 5.41) is 31.3. The third-order valence-electron chi connectivity index (χ3n) is 10.8. The number of fused-ring (bicyclic) bond motifs is 2. The number of unbranched alkanes of at least 4 members (excludes halogenated alkanes) is 1. The fourth-order valence-corrected chi connectivity index (χ4v) is 8.62. The van der Waals surface area contributed by atoms with Crippen LogP contribution in [0.5, 0.6) is 5.75 Å². The molecule has 0 radical (unpaired) electrons. The highest BCUT2D eigenvalue weighted by Crippen LogP contribution is 2.39. The van der Waals surface area contributed by atoms with Crippen molar-refractivity contribution >= 4 is 34.1 Å². The van der Waals surface area contributed by atoms with Crippen LogP contribution >= 0.6 is 11.3 Å². The highest BCUT2D eigenvalue weighted by atomic mass is 32.1. The van der Waals surface area contributed by atoms with Gasteiger partial charge in [-0.1, -0.05) is 60.7 Å². The molecule has 6 N–H and O–H groups in total. The van der Waals surface area contributed by atoms with Crippen LogP contribution < -0.4 is 21.5 Å². The molecule has 0 spiro atoms. The van der Waals surface area contributed by atoms with E-state index in [0.29, 0.717) is 53.9 Å². The number of aliphatic hydroxyl groups is 1. The molecule has 288 valence electrons. The maximum absolute atomic E-state index is 14.1. The second kappa shape index (κ2) is 17.7. The lowest BCUT2D eigenvalue weighted by atomic mass is 9.91. The van der Waals surface area contributed by atoms with Gasteiger partial charge in [0.1, 0.15) is 17.4 Å². The Hall–Kier alpha value is -4.85. The Labute approximate surface area is 324 Å². The van der Waals surface area contributed by atoms with Crippen molar-refractivity contribution in [2.24, 2.45) is 0 Å². The number of rotatable bonds is 16. The number of hydrogen-bond donors (Lipinski definition) is 6. The number of aliphatic hydroxyl groups excluding tert-OH is 1. The number of likely N-dealkylation sites (tertiary alicyclic amines) is 1. The Balaban J connectivity index is 0.858. The largest absolute Gasteiger partial charge is 0.506 e. The first kappa shape index (κ1) is 38.4. The van der Waals surface area contributed by atoms with E-state index >= 15 is 0 Å². The van der Waals surface area contributed by atoms with Crippen LogP contribution in [0.1, 0.15) is 75.0 Å². The minimum atomic E-state index is -0.938. The molecule has 3 heterocycles. The van der Waals surface area contributed by atoms with Crippen molar-refractivity contribution in [1.82, 2.24) is 25.8 Å². The standard InChI is InChI=1S/C43H49N5O6S/c49-36-15-13-33(34-14-17-39(51)47-40(34)36)37(50)27-44-22-6-7-23-45-41(52)38-16-12-32(55-38)26-46-43(21-18-30-10-4-5-11-35(30)43)42(53)54-31-19-24-48(25-20-31)28-29-8-2-1-3-9-29/h1-5,8-17,31,37,44,46,49-50H,6-7,18-28H2,(H,45,52)(H,47,51). The van der Waals surface area contributed by atoms with Crippen molar-refractivity contribution in [3.8, 4) is 5.75 Å². The summed E-state index contributed by atoms with van der Waals surface area (Å²) in [4.78, 5) is 45.4. The van der Waals surface area contributed by atoms with E-state index in [1.54, 1.807) is 12.1 Å². The number of phenols is 1. The van der Waals surface area contributed by atoms with Crippen LogP contribution in [-0.2, 0) is 34.6 Å². The highest BCUT2D eigenvalue weighted by Gasteiger charge is 2.47. The second-order valence-corrected chi connectivity index (χ2v) is 15.7. The highest BCUT2D eigenvalue weighted by molar-refractivity contribution is 7.14. The molecule has 1 amide bonds. The Kier molecular flexibility index (Phi) is 12.4. The first-order valence-corrected chi connectivity index (χ1v) is 20.0. The number of phenolic OH excluding ortho intramolecular Hbond substituents is 1. The fraction of sp³-hybridized carbons (Fsp3) is 0.372. The zero-order chi connectivity index (χ0) is 38.2. The molecule has 55 heavy (non-hydrogen) atoms. The van der Waals surface area contributed by atoms with Gasteiger partial charge in [-0.2, -0.15) is 0 Å². The van der Waals surface area contributed by atoms with Crippen molar-refractivity contribution in [1.29, 1.82) is 0 Å². The Morgan fingerprint density at radius 1 is 0.945 bits per heavy atom. The fourth-order valence-electron chi connectivity index (χ4n) is 7.75. The van der Waals surface area contributed by atoms with E-state index < -0.39 is 11.6 Å². The number of nitrogens with one attached hydrogen (secondary N) is 4. The average molecular weight is 764 g/mol. The summed E-state index contributed by atoms with van der Waals surface area (Å²) in [6.07, 6.45) is 3.64. The van der Waals surface area contributed by atoms with Gasteiger partial charge in [0.15, 0.2) is 0 Å². The number of aromatic hydroxyl groups is 1. The van der Waals surface area contributed by atoms with E-state index in [1.165, 1.54) is 29.0 Å². The number of benzene rings is 3. The molecule has 1 fully saturated rings. The Morgan fingerprint density at radius 3 is 2.56 bits per heavy atom. The lowest BCUT2D eigenvalue weighted by Gasteiger charge is -2.35. The molecule has 2 aliphatic rings. The number of piperidine rings is 1. The summed E-state index contributed by atoms with van der Waals surface area (Å²) < 4.78 is 6.28. The molecule has 12 heteroatoms. The summed E-state index contributed by atoms with van der Waals surface area (Å²) in [7, 11) is 0. The predicted molar refractivity (Wildman–Crippen MR) is 214 cm³/mol. The molecule has 2 aromatic heterocycles. The zero-order valence-corrected chi connectivity index (χ0v) is 31.7. The molecule has 2 unspecified atom stereocenters. The first-order chi connectivity index (χ1) is 26.8. The number of carbonyl (C=O) groups excluding carboxylic acids is 2. The number of aromatic amines is 1. The van der Waals surface area contributed by atoms with Gasteiger partial charge in [-0.25, -0.2) is 4.79 Å². The van der Waals surface area contributed by atoms with E-state index in [1.807, 2.05) is 36.4 Å². The van der Waals surface area contributed by atoms with E-state index in [9.17, 15) is 24.6 Å². The zero-order valence-electron chi connectivity index (χ0n) is 30.9. The van der Waals surface area contributed by atoms with Crippen molar-refractivity contribution < 1.29 is 24.5 Å². The monoisotopic (exact) mass is 763 g/mol. The number of hydrogen-bond acceptors (Lipinski definition) is 10. The quantitative estimate of drug-likeness (QED) is 0.0583. The van der Waals surface area contributed by atoms with Crippen LogP contribution in [0.25, 0.3) is 10.9 Å². The van der Waals surface area contributed by atoms with Gasteiger partial charge < -0.3 is 30.6 Å². The van der Waals surface area contributed by atoms with Crippen LogP contribution in [0.3, 0.4) is 0 Å². The minimum absolute atomic E-state index is 0.0448. The molecule has 5 aromatic rings. The number of carbonyl (C=O) groups is 2. The number of H-pyrrole nitrogens is 1. The number of esters is 1. The summed E-state index contributed by atoms with van der Waals surface area (Å²) in [6.45, 7) is 4.57. The van der Waals surface area contributed by atoms with Gasteiger partial charge in [-0.3, -0.25) is 19.8 Å². The van der Waals surface area contributed by atoms with Gasteiger partial charge in [-0.05, 0) is 91.6 Å². The maximum atomic E-state index is 14.1. The number of aryl methyl sites for hydroxylation is 1. The number of ether oxygens (including phenoxy) is 1. The predicted octanol–water partition coefficient (Wildman–Crippen LogP) is 5.27. The number of pyridine rings is 1. The number of amides is 1. The van der Waals surface area contributed by atoms with E-state index in [4.69, 9.17) is 4.74 Å². The van der Waals surface area contributed by atoms with E-state index in [0.717, 1.165) is 67.7 Å². The molecule has 1 aliphatic heterocycles. The Bertz CT molecular complexity index is 2150. The van der Waals surface area contributed by atoms with Crippen LogP contribution in [0, 0.1) is 0 Å². The molecule has 0 bridgehead atoms. The summed E-state index contributed by atoms with van der Waals surface area (Å²) in [5.41, 5.74) is 3.09. The smallest absolute Gasteiger partial charge is 0.331 e. The average Bonchev–Trinajstić information content (AvgIpc) is 3.84. The summed E-state index contributed by atoms with van der Waals surface area (Å²) in [5.74, 6) is -0.392. The maximum Gasteiger partial charge on any atom is 0.331 e. The first-order valence-electron chi connectivity index (χ1n) is 19.2. The molecule has 3 aromatic carbocycles. The summed E-state index contributed by atoms with van der Waals surface area (Å²) in [6, 6.07) is 28.4. The normalized spacial score (nSPS) is 17.9. The topological polar surface area (TPSA) is 156 Å². The van der Waals surface area contributed by atoms with Gasteiger partial charge in [0.25, 0.3) is 5.91 Å². The lowest BCUT2D eigenvalue weighted by molar-refractivity contribution is -0.160. The molecule has 2 atom stereocenters. The van der Waals surface area contributed by atoms with Crippen molar-refractivity contribution in [2.45, 2.75) is 69.4 Å². The van der Waals surface area contributed by atoms with Crippen molar-refractivity contribution in [3.05, 3.63) is 133 Å². The third-order valence-corrected chi connectivity index (χ3v) is 11.9. The van der Waals surface area contributed by atoms with Gasteiger partial charge >= 0.3 is 5.97 Å². The number of aromatic nitrogens is 1. The molecular weight excluding hydrogens is 715 g/mol. The number of nitrogens with zero attached hydrogens (tertiary/aromatic N) is 1. The van der Waals surface area contributed by atoms with Crippen molar-refractivity contribution in [3.63, 3.8) is 0 Å². The van der Waals surface area contributed by atoms with Crippen LogP contribution in [0.2, 0.25) is 0 Å². The molecule has 1 aliphatic carbocycles. The van der Waals surface area contributed by atoms with Gasteiger partial charge in [-0.15, -0.1) is 11.3 Å². The van der Waals surface area contributed by atoms with E-state index in [2.05, 4.69) is 56.2 Å². The Morgan fingerprint density at radius 2 is 1.73 bits per heavy atom. The molecule has 0 saturated carbocycles. The van der Waals surface area contributed by atoms with Crippen LogP contribution in [-0.4, -0.2) is 70.8 Å². The van der Waals surface area contributed by atoms with Gasteiger partial charge in [0.2, 0.25) is 5.56 Å². The molecule has 11 nitrogen and oxygen atoms in total. The summed E-state index contributed by atoms with van der Waals surface area (Å²) >= 11 is 1.42. The third kappa shape index (κ3) is 9.17. The molecule has 7 rings (SSSR count). The minimum Gasteiger partial charge on any atom is -0.506 e. The van der Waals surface area contributed by atoms with Crippen molar-refractivity contribution in [2.75, 3.05) is 32.7 Å². The van der Waals surface area contributed by atoms with Crippen LogP contribution in [0.15, 0.2) is 95.8 Å². The van der Waals surface area contributed by atoms with Gasteiger partial charge in [0, 0.05) is 55.6 Å². The second-order valence-electron chi connectivity index (χ2n) is 14.5. The molecule has 1 saturated heterocycles. The lowest BCUT2D eigenvalue weighted by Crippen LogP contribution is -2.50. The SMILES string of the molecule is O=C(NCCCCNCC(O)c1ccc(O)c2[nH]c(=O)ccc12)c1ccc(CNC2(C(=O)OC3CCN(Cc4ccccc4)CC3)CCc3ccccc32)s1. The number of thiophene rings is 1.